The van der Waals surface area contributed by atoms with Gasteiger partial charge < -0.3 is 15.4 Å². The van der Waals surface area contributed by atoms with Crippen molar-refractivity contribution in [3.63, 3.8) is 0 Å². The molecule has 0 aromatic rings. The SMILES string of the molecule is CCC(N)(C#N)CCCN(C)CC1CCCO1. The standard InChI is InChI=1S/C13H25N3O/c1-3-13(15,11-14)7-5-8-16(2)10-12-6-4-9-17-12/h12H,3-10,15H2,1-2H3. The summed E-state index contributed by atoms with van der Waals surface area (Å²) in [5.41, 5.74) is 5.31. The minimum Gasteiger partial charge on any atom is -0.377 e. The van der Waals surface area contributed by atoms with Gasteiger partial charge in [-0.2, -0.15) is 5.26 Å². The molecule has 1 fully saturated rings. The molecule has 2 atom stereocenters. The monoisotopic (exact) mass is 239 g/mol. The van der Waals surface area contributed by atoms with Gasteiger partial charge in [-0.25, -0.2) is 0 Å². The number of rotatable bonds is 7. The van der Waals surface area contributed by atoms with Crippen LogP contribution in [0.1, 0.15) is 39.0 Å². The van der Waals surface area contributed by atoms with E-state index in [4.69, 9.17) is 15.7 Å². The van der Waals surface area contributed by atoms with Crippen LogP contribution in [0, 0.1) is 11.3 Å². The van der Waals surface area contributed by atoms with Gasteiger partial charge in [0.25, 0.3) is 0 Å². The molecule has 1 rings (SSSR count). The van der Waals surface area contributed by atoms with E-state index in [0.29, 0.717) is 6.10 Å². The van der Waals surface area contributed by atoms with E-state index in [1.54, 1.807) is 0 Å². The molecule has 0 bridgehead atoms. The molecular formula is C13H25N3O. The highest BCUT2D eigenvalue weighted by Crippen LogP contribution is 2.15. The molecule has 1 aliphatic rings. The van der Waals surface area contributed by atoms with Gasteiger partial charge in [0.05, 0.1) is 12.2 Å². The highest BCUT2D eigenvalue weighted by atomic mass is 16.5. The van der Waals surface area contributed by atoms with Crippen molar-refractivity contribution in [1.82, 2.24) is 4.90 Å². The van der Waals surface area contributed by atoms with E-state index in [2.05, 4.69) is 18.0 Å². The van der Waals surface area contributed by atoms with E-state index in [9.17, 15) is 0 Å². The van der Waals surface area contributed by atoms with Crippen LogP contribution in [0.3, 0.4) is 0 Å². The predicted octanol–water partition coefficient (Wildman–Crippen LogP) is 1.51. The van der Waals surface area contributed by atoms with Crippen LogP contribution in [0.2, 0.25) is 0 Å². The maximum absolute atomic E-state index is 8.97. The average Bonchev–Trinajstić information content (AvgIpc) is 2.81. The third-order valence-electron chi connectivity index (χ3n) is 3.56. The summed E-state index contributed by atoms with van der Waals surface area (Å²) in [7, 11) is 2.11. The Morgan fingerprint density at radius 2 is 2.35 bits per heavy atom. The molecule has 4 heteroatoms. The van der Waals surface area contributed by atoms with Crippen molar-refractivity contribution < 1.29 is 4.74 Å². The first-order valence-electron chi connectivity index (χ1n) is 6.60. The number of ether oxygens (including phenoxy) is 1. The molecular weight excluding hydrogens is 214 g/mol. The van der Waals surface area contributed by atoms with Crippen molar-refractivity contribution in [1.29, 1.82) is 5.26 Å². The normalized spacial score (nSPS) is 23.6. The number of nitrogens with two attached hydrogens (primary N) is 1. The molecule has 2 unspecified atom stereocenters. The Labute approximate surface area is 105 Å². The summed E-state index contributed by atoms with van der Waals surface area (Å²) >= 11 is 0. The number of nitrogens with zero attached hydrogens (tertiary/aromatic N) is 2. The first kappa shape index (κ1) is 14.4. The fraction of sp³-hybridized carbons (Fsp3) is 0.923. The highest BCUT2D eigenvalue weighted by Gasteiger charge is 2.22. The van der Waals surface area contributed by atoms with Crippen LogP contribution >= 0.6 is 0 Å². The molecule has 1 saturated heterocycles. The largest absolute Gasteiger partial charge is 0.377 e. The Kier molecular flexibility index (Phi) is 5.90. The zero-order valence-electron chi connectivity index (χ0n) is 11.1. The highest BCUT2D eigenvalue weighted by molar-refractivity contribution is 5.03. The Balaban J connectivity index is 2.15. The lowest BCUT2D eigenvalue weighted by Gasteiger charge is -2.23. The average molecular weight is 239 g/mol. The smallest absolute Gasteiger partial charge is 0.104 e. The van der Waals surface area contributed by atoms with Gasteiger partial charge in [0.1, 0.15) is 5.54 Å². The third-order valence-corrected chi connectivity index (χ3v) is 3.56. The molecule has 17 heavy (non-hydrogen) atoms. The second-order valence-corrected chi connectivity index (χ2v) is 5.12. The van der Waals surface area contributed by atoms with Gasteiger partial charge in [-0.3, -0.25) is 0 Å². The Hall–Kier alpha value is -0.630. The van der Waals surface area contributed by atoms with E-state index in [1.807, 2.05) is 6.92 Å². The lowest BCUT2D eigenvalue weighted by molar-refractivity contribution is 0.0804. The van der Waals surface area contributed by atoms with Crippen molar-refractivity contribution in [2.24, 2.45) is 5.73 Å². The summed E-state index contributed by atoms with van der Waals surface area (Å²) in [4.78, 5) is 2.28. The minimum atomic E-state index is -0.634. The van der Waals surface area contributed by atoms with Crippen LogP contribution in [-0.2, 0) is 4.74 Å². The topological polar surface area (TPSA) is 62.3 Å². The van der Waals surface area contributed by atoms with Crippen molar-refractivity contribution in [2.75, 3.05) is 26.7 Å². The van der Waals surface area contributed by atoms with E-state index in [-0.39, 0.29) is 0 Å². The second kappa shape index (κ2) is 6.95. The van der Waals surface area contributed by atoms with Gasteiger partial charge in [-0.1, -0.05) is 6.92 Å². The number of hydrogen-bond donors (Lipinski definition) is 1. The molecule has 1 aliphatic heterocycles. The Bertz CT molecular complexity index is 258. The zero-order valence-corrected chi connectivity index (χ0v) is 11.1. The molecule has 0 aliphatic carbocycles. The van der Waals surface area contributed by atoms with Crippen LogP contribution in [0.15, 0.2) is 0 Å². The first-order valence-corrected chi connectivity index (χ1v) is 6.60. The zero-order chi connectivity index (χ0) is 12.7. The predicted molar refractivity (Wildman–Crippen MR) is 68.5 cm³/mol. The molecule has 0 aromatic heterocycles. The maximum Gasteiger partial charge on any atom is 0.104 e. The lowest BCUT2D eigenvalue weighted by Crippen LogP contribution is -2.38. The summed E-state index contributed by atoms with van der Waals surface area (Å²) in [5, 5.41) is 8.97. The van der Waals surface area contributed by atoms with Gasteiger partial charge in [-0.05, 0) is 45.7 Å². The molecule has 1 heterocycles. The fourth-order valence-corrected chi connectivity index (χ4v) is 2.20. The van der Waals surface area contributed by atoms with Gasteiger partial charge in [0.15, 0.2) is 0 Å². The summed E-state index contributed by atoms with van der Waals surface area (Å²) in [6.45, 7) is 4.87. The van der Waals surface area contributed by atoms with Gasteiger partial charge in [0, 0.05) is 13.2 Å². The number of likely N-dealkylation sites (N-methyl/N-ethyl adjacent to an activating group) is 1. The van der Waals surface area contributed by atoms with Crippen LogP contribution in [0.25, 0.3) is 0 Å². The van der Waals surface area contributed by atoms with Crippen molar-refractivity contribution in [2.45, 2.75) is 50.7 Å². The molecule has 98 valence electrons. The first-order chi connectivity index (χ1) is 8.09. The summed E-state index contributed by atoms with van der Waals surface area (Å²) < 4.78 is 5.59. The van der Waals surface area contributed by atoms with Gasteiger partial charge >= 0.3 is 0 Å². The Morgan fingerprint density at radius 3 is 2.88 bits per heavy atom. The minimum absolute atomic E-state index is 0.407. The van der Waals surface area contributed by atoms with Crippen LogP contribution < -0.4 is 5.73 Å². The van der Waals surface area contributed by atoms with Crippen molar-refractivity contribution in [3.8, 4) is 6.07 Å². The maximum atomic E-state index is 8.97. The Morgan fingerprint density at radius 1 is 1.59 bits per heavy atom. The van der Waals surface area contributed by atoms with Gasteiger partial charge in [-0.15, -0.1) is 0 Å². The van der Waals surface area contributed by atoms with E-state index < -0.39 is 5.54 Å². The molecule has 0 spiro atoms. The molecule has 0 aromatic carbocycles. The van der Waals surface area contributed by atoms with E-state index in [1.165, 1.54) is 12.8 Å². The van der Waals surface area contributed by atoms with Crippen LogP contribution in [0.5, 0.6) is 0 Å². The lowest BCUT2D eigenvalue weighted by atomic mass is 9.93. The van der Waals surface area contributed by atoms with Crippen molar-refractivity contribution in [3.05, 3.63) is 0 Å². The van der Waals surface area contributed by atoms with Crippen LogP contribution in [0.4, 0.5) is 0 Å². The number of nitriles is 1. The number of hydrogen-bond acceptors (Lipinski definition) is 4. The molecule has 0 saturated carbocycles. The second-order valence-electron chi connectivity index (χ2n) is 5.12. The summed E-state index contributed by atoms with van der Waals surface area (Å²) in [5.74, 6) is 0. The molecule has 2 N–H and O–H groups in total. The van der Waals surface area contributed by atoms with Crippen molar-refractivity contribution >= 4 is 0 Å². The van der Waals surface area contributed by atoms with E-state index >= 15 is 0 Å². The van der Waals surface area contributed by atoms with E-state index in [0.717, 1.165) is 39.0 Å². The molecule has 0 amide bonds. The quantitative estimate of drug-likeness (QED) is 0.731. The summed E-state index contributed by atoms with van der Waals surface area (Å²) in [6, 6.07) is 2.21. The third kappa shape index (κ3) is 5.03. The molecule has 0 radical (unpaired) electrons. The molecule has 4 nitrogen and oxygen atoms in total. The van der Waals surface area contributed by atoms with Gasteiger partial charge in [0.2, 0.25) is 0 Å². The summed E-state index contributed by atoms with van der Waals surface area (Å²) in [6.07, 6.45) is 5.24. The fourth-order valence-electron chi connectivity index (χ4n) is 2.20. The van der Waals surface area contributed by atoms with Crippen LogP contribution in [-0.4, -0.2) is 43.3 Å².